The molecule has 0 aliphatic rings. The van der Waals surface area contributed by atoms with Gasteiger partial charge in [-0.2, -0.15) is 4.98 Å². The molecule has 6 nitrogen and oxygen atoms in total. The van der Waals surface area contributed by atoms with Crippen LogP contribution in [0.4, 0.5) is 11.8 Å². The van der Waals surface area contributed by atoms with Gasteiger partial charge in [0.05, 0.1) is 17.9 Å². The molecular formula is C21H16N4O2S. The lowest BCUT2D eigenvalue weighted by Crippen LogP contribution is -2.01. The van der Waals surface area contributed by atoms with Crippen LogP contribution in [0.25, 0.3) is 21.3 Å². The summed E-state index contributed by atoms with van der Waals surface area (Å²) in [7, 11) is 0. The molecule has 0 atom stereocenters. The highest BCUT2D eigenvalue weighted by molar-refractivity contribution is 7.19. The SMILES string of the molecule is Nc1nc(N)c2c(-c3ccccc3)c(C(c3ccco3)c3ccco3)sc2n1. The maximum atomic E-state index is 6.27. The Labute approximate surface area is 164 Å². The van der Waals surface area contributed by atoms with E-state index < -0.39 is 0 Å². The Morgan fingerprint density at radius 2 is 1.50 bits per heavy atom. The minimum atomic E-state index is -0.236. The number of fused-ring (bicyclic) bond motifs is 1. The Bertz CT molecular complexity index is 1190. The van der Waals surface area contributed by atoms with Crippen molar-refractivity contribution in [3.8, 4) is 11.1 Å². The second-order valence-electron chi connectivity index (χ2n) is 6.32. The van der Waals surface area contributed by atoms with E-state index in [4.69, 9.17) is 20.3 Å². The van der Waals surface area contributed by atoms with E-state index in [1.165, 1.54) is 11.3 Å². The Hall–Kier alpha value is -3.58. The fourth-order valence-corrected chi connectivity index (χ4v) is 4.79. The zero-order valence-corrected chi connectivity index (χ0v) is 15.5. The summed E-state index contributed by atoms with van der Waals surface area (Å²) in [5.74, 6) is 1.84. The summed E-state index contributed by atoms with van der Waals surface area (Å²) in [5, 5.41) is 0.795. The fraction of sp³-hybridized carbons (Fsp3) is 0.0476. The molecule has 5 aromatic rings. The summed E-state index contributed by atoms with van der Waals surface area (Å²) >= 11 is 1.52. The van der Waals surface area contributed by atoms with Gasteiger partial charge in [0.1, 0.15) is 28.1 Å². The fourth-order valence-electron chi connectivity index (χ4n) is 3.47. The number of furan rings is 2. The van der Waals surface area contributed by atoms with Crippen molar-refractivity contribution in [2.24, 2.45) is 0 Å². The monoisotopic (exact) mass is 388 g/mol. The van der Waals surface area contributed by atoms with Crippen molar-refractivity contribution in [1.29, 1.82) is 0 Å². The molecule has 0 amide bonds. The maximum absolute atomic E-state index is 6.27. The van der Waals surface area contributed by atoms with E-state index in [2.05, 4.69) is 9.97 Å². The first-order valence-electron chi connectivity index (χ1n) is 8.70. The number of hydrogen-bond donors (Lipinski definition) is 2. The molecular weight excluding hydrogens is 372 g/mol. The summed E-state index contributed by atoms with van der Waals surface area (Å²) < 4.78 is 11.5. The van der Waals surface area contributed by atoms with Crippen molar-refractivity contribution < 1.29 is 8.83 Å². The summed E-state index contributed by atoms with van der Waals surface area (Å²) in [5.41, 5.74) is 14.1. The number of thiophene rings is 1. The second kappa shape index (κ2) is 6.54. The predicted molar refractivity (Wildman–Crippen MR) is 110 cm³/mol. The second-order valence-corrected chi connectivity index (χ2v) is 7.35. The van der Waals surface area contributed by atoms with Gasteiger partial charge < -0.3 is 20.3 Å². The van der Waals surface area contributed by atoms with E-state index in [9.17, 15) is 0 Å². The molecule has 4 aromatic heterocycles. The highest BCUT2D eigenvalue weighted by atomic mass is 32.1. The van der Waals surface area contributed by atoms with Gasteiger partial charge in [-0.25, -0.2) is 4.98 Å². The lowest BCUT2D eigenvalue weighted by molar-refractivity contribution is 0.452. The minimum Gasteiger partial charge on any atom is -0.468 e. The van der Waals surface area contributed by atoms with Crippen molar-refractivity contribution in [1.82, 2.24) is 9.97 Å². The maximum Gasteiger partial charge on any atom is 0.223 e. The largest absolute Gasteiger partial charge is 0.468 e. The molecule has 1 aromatic carbocycles. The Kier molecular flexibility index (Phi) is 3.87. The number of benzene rings is 1. The Balaban J connectivity index is 1.87. The van der Waals surface area contributed by atoms with Crippen molar-refractivity contribution in [2.45, 2.75) is 5.92 Å². The molecule has 4 N–H and O–H groups in total. The first-order chi connectivity index (χ1) is 13.7. The molecule has 0 fully saturated rings. The van der Waals surface area contributed by atoms with Crippen molar-refractivity contribution in [3.05, 3.63) is 83.5 Å². The number of nitrogens with two attached hydrogens (primary N) is 2. The van der Waals surface area contributed by atoms with Crippen LogP contribution in [0.2, 0.25) is 0 Å². The highest BCUT2D eigenvalue weighted by Crippen LogP contribution is 2.47. The van der Waals surface area contributed by atoms with Crippen LogP contribution < -0.4 is 11.5 Å². The van der Waals surface area contributed by atoms with Gasteiger partial charge in [0.15, 0.2) is 0 Å². The standard InChI is InChI=1S/C21H16N4O2S/c22-19-17-15(12-6-2-1-3-7-12)18(28-20(17)25-21(23)24-19)16(13-8-4-10-26-13)14-9-5-11-27-14/h1-11,16H,(H4,22,23,24,25). The first-order valence-corrected chi connectivity index (χ1v) is 9.51. The molecule has 0 saturated heterocycles. The molecule has 0 bridgehead atoms. The number of aromatic nitrogens is 2. The van der Waals surface area contributed by atoms with E-state index in [0.717, 1.165) is 37.7 Å². The lowest BCUT2D eigenvalue weighted by atomic mass is 9.93. The topological polar surface area (TPSA) is 104 Å². The van der Waals surface area contributed by atoms with Gasteiger partial charge in [-0.3, -0.25) is 0 Å². The lowest BCUT2D eigenvalue weighted by Gasteiger charge is -2.14. The van der Waals surface area contributed by atoms with Gasteiger partial charge in [-0.1, -0.05) is 30.3 Å². The first kappa shape index (κ1) is 16.6. The van der Waals surface area contributed by atoms with Crippen LogP contribution in [-0.2, 0) is 0 Å². The van der Waals surface area contributed by atoms with E-state index in [1.54, 1.807) is 12.5 Å². The summed E-state index contributed by atoms with van der Waals surface area (Å²) in [6, 6.07) is 17.7. The number of nitrogen functional groups attached to an aromatic ring is 2. The molecule has 0 unspecified atom stereocenters. The molecule has 7 heteroatoms. The smallest absolute Gasteiger partial charge is 0.223 e. The average Bonchev–Trinajstić information content (AvgIpc) is 3.44. The van der Waals surface area contributed by atoms with Crippen molar-refractivity contribution in [2.75, 3.05) is 11.5 Å². The summed E-state index contributed by atoms with van der Waals surface area (Å²) in [6.07, 6.45) is 3.32. The van der Waals surface area contributed by atoms with E-state index >= 15 is 0 Å². The van der Waals surface area contributed by atoms with Crippen LogP contribution >= 0.6 is 11.3 Å². The van der Waals surface area contributed by atoms with Crippen LogP contribution in [0.1, 0.15) is 22.3 Å². The van der Waals surface area contributed by atoms with Crippen LogP contribution in [0.15, 0.2) is 76.0 Å². The summed E-state index contributed by atoms with van der Waals surface area (Å²) in [6.45, 7) is 0. The van der Waals surface area contributed by atoms with Gasteiger partial charge in [-0.15, -0.1) is 11.3 Å². The third kappa shape index (κ3) is 2.64. The molecule has 0 spiro atoms. The normalized spacial score (nSPS) is 11.5. The predicted octanol–water partition coefficient (Wildman–Crippen LogP) is 4.89. The number of nitrogens with zero attached hydrogens (tertiary/aromatic N) is 2. The zero-order valence-electron chi connectivity index (χ0n) is 14.7. The summed E-state index contributed by atoms with van der Waals surface area (Å²) in [4.78, 5) is 10.4. The molecule has 0 saturated carbocycles. The molecule has 0 radical (unpaired) electrons. The average molecular weight is 388 g/mol. The quantitative estimate of drug-likeness (QED) is 0.454. The molecule has 5 rings (SSSR count). The van der Waals surface area contributed by atoms with Crippen LogP contribution in [0, 0.1) is 0 Å². The molecule has 138 valence electrons. The van der Waals surface area contributed by atoms with Crippen LogP contribution in [0.5, 0.6) is 0 Å². The molecule has 0 aliphatic heterocycles. The Morgan fingerprint density at radius 3 is 2.11 bits per heavy atom. The van der Waals surface area contributed by atoms with Gasteiger partial charge in [-0.05, 0) is 29.8 Å². The van der Waals surface area contributed by atoms with Crippen molar-refractivity contribution in [3.63, 3.8) is 0 Å². The Morgan fingerprint density at radius 1 is 0.821 bits per heavy atom. The molecule has 0 aliphatic carbocycles. The third-order valence-electron chi connectivity index (χ3n) is 4.60. The third-order valence-corrected chi connectivity index (χ3v) is 5.75. The van der Waals surface area contributed by atoms with Crippen LogP contribution in [0.3, 0.4) is 0 Å². The van der Waals surface area contributed by atoms with Gasteiger partial charge in [0.25, 0.3) is 0 Å². The van der Waals surface area contributed by atoms with E-state index in [-0.39, 0.29) is 11.9 Å². The van der Waals surface area contributed by atoms with Crippen LogP contribution in [-0.4, -0.2) is 9.97 Å². The molecule has 4 heterocycles. The van der Waals surface area contributed by atoms with Crippen molar-refractivity contribution >= 4 is 33.3 Å². The van der Waals surface area contributed by atoms with Gasteiger partial charge in [0, 0.05) is 10.4 Å². The van der Waals surface area contributed by atoms with Gasteiger partial charge in [0.2, 0.25) is 5.95 Å². The van der Waals surface area contributed by atoms with E-state index in [0.29, 0.717) is 5.82 Å². The minimum absolute atomic E-state index is 0.157. The van der Waals surface area contributed by atoms with Gasteiger partial charge >= 0.3 is 0 Å². The van der Waals surface area contributed by atoms with E-state index in [1.807, 2.05) is 54.6 Å². The number of rotatable bonds is 4. The number of hydrogen-bond acceptors (Lipinski definition) is 7. The number of anilines is 2. The highest BCUT2D eigenvalue weighted by Gasteiger charge is 2.30. The molecule has 28 heavy (non-hydrogen) atoms. The zero-order chi connectivity index (χ0) is 19.1.